The third-order valence-electron chi connectivity index (χ3n) is 4.70. The number of aromatic nitrogens is 3. The van der Waals surface area contributed by atoms with Crippen molar-refractivity contribution in [2.24, 2.45) is 5.92 Å². The Bertz CT molecular complexity index is 1120. The number of hydrogen-bond acceptors (Lipinski definition) is 6. The van der Waals surface area contributed by atoms with E-state index in [4.69, 9.17) is 11.6 Å². The molecule has 0 aliphatic rings. The van der Waals surface area contributed by atoms with Crippen LogP contribution in [0.3, 0.4) is 0 Å². The van der Waals surface area contributed by atoms with Crippen LogP contribution in [0.4, 0.5) is 5.13 Å². The largest absolute Gasteiger partial charge is 0.394 e. The zero-order valence-electron chi connectivity index (χ0n) is 18.1. The van der Waals surface area contributed by atoms with Crippen LogP contribution in [0.5, 0.6) is 0 Å². The summed E-state index contributed by atoms with van der Waals surface area (Å²) in [4.78, 5) is 30.1. The molecular weight excluding hydrogens is 438 g/mol. The van der Waals surface area contributed by atoms with Crippen LogP contribution in [-0.2, 0) is 5.54 Å². The van der Waals surface area contributed by atoms with Crippen LogP contribution in [0.25, 0.3) is 10.3 Å². The van der Waals surface area contributed by atoms with E-state index in [9.17, 15) is 14.7 Å². The number of anilines is 1. The minimum atomic E-state index is -0.437. The van der Waals surface area contributed by atoms with Gasteiger partial charge >= 0.3 is 0 Å². The molecule has 0 unspecified atom stereocenters. The quantitative estimate of drug-likeness (QED) is 0.513. The van der Waals surface area contributed by atoms with Crippen LogP contribution >= 0.6 is 22.9 Å². The molecule has 2 aromatic heterocycles. The number of thiazole rings is 1. The summed E-state index contributed by atoms with van der Waals surface area (Å²) in [6, 6.07) is 6.22. The molecule has 3 N–H and O–H groups in total. The molecule has 0 aliphatic carbocycles. The van der Waals surface area contributed by atoms with Crippen molar-refractivity contribution in [2.75, 3.05) is 11.9 Å². The van der Waals surface area contributed by atoms with Gasteiger partial charge in [0.05, 0.1) is 18.2 Å². The molecule has 0 bridgehead atoms. The normalized spacial score (nSPS) is 12.9. The minimum Gasteiger partial charge on any atom is -0.394 e. The zero-order valence-corrected chi connectivity index (χ0v) is 19.6. The molecule has 0 saturated heterocycles. The fraction of sp³-hybridized carbons (Fsp3) is 0.429. The number of benzene rings is 1. The van der Waals surface area contributed by atoms with Gasteiger partial charge in [-0.15, -0.1) is 0 Å². The van der Waals surface area contributed by atoms with E-state index in [0.717, 1.165) is 0 Å². The number of aliphatic hydroxyl groups excluding tert-OH is 1. The summed E-state index contributed by atoms with van der Waals surface area (Å²) < 4.78 is 2.24. The number of aliphatic hydroxyl groups is 1. The predicted molar refractivity (Wildman–Crippen MR) is 123 cm³/mol. The molecule has 31 heavy (non-hydrogen) atoms. The highest BCUT2D eigenvalue weighted by Crippen LogP contribution is 2.32. The average molecular weight is 464 g/mol. The molecule has 0 saturated carbocycles. The molecule has 1 atom stereocenters. The Morgan fingerprint density at radius 2 is 1.97 bits per heavy atom. The number of hydrogen-bond donors (Lipinski definition) is 3. The Hall–Kier alpha value is -2.49. The predicted octanol–water partition coefficient (Wildman–Crippen LogP) is 3.90. The van der Waals surface area contributed by atoms with Gasteiger partial charge in [0.2, 0.25) is 0 Å². The van der Waals surface area contributed by atoms with Crippen LogP contribution in [0.2, 0.25) is 5.02 Å². The molecule has 10 heteroatoms. The molecule has 0 aliphatic heterocycles. The highest BCUT2D eigenvalue weighted by molar-refractivity contribution is 7.22. The van der Waals surface area contributed by atoms with Crippen LogP contribution in [0.15, 0.2) is 24.3 Å². The van der Waals surface area contributed by atoms with Crippen LogP contribution in [0.1, 0.15) is 55.5 Å². The van der Waals surface area contributed by atoms with E-state index in [1.54, 1.807) is 28.9 Å². The summed E-state index contributed by atoms with van der Waals surface area (Å²) in [5.41, 5.74) is 0.692. The van der Waals surface area contributed by atoms with Crippen LogP contribution in [0, 0.1) is 5.92 Å². The summed E-state index contributed by atoms with van der Waals surface area (Å²) in [7, 11) is 0. The monoisotopic (exact) mass is 463 g/mol. The molecule has 3 rings (SSSR count). The molecular formula is C21H26ClN5O3S. The lowest BCUT2D eigenvalue weighted by atomic mass is 10.1. The van der Waals surface area contributed by atoms with E-state index in [1.165, 1.54) is 11.3 Å². The number of nitrogens with zero attached hydrogens (tertiary/aromatic N) is 3. The second-order valence-corrected chi connectivity index (χ2v) is 10.0. The first-order valence-electron chi connectivity index (χ1n) is 9.90. The topological polar surface area (TPSA) is 109 Å². The second-order valence-electron chi connectivity index (χ2n) is 8.57. The second kappa shape index (κ2) is 8.94. The molecule has 2 heterocycles. The van der Waals surface area contributed by atoms with Crippen molar-refractivity contribution in [3.8, 4) is 0 Å². The molecule has 2 amide bonds. The molecule has 1 aromatic carbocycles. The van der Waals surface area contributed by atoms with Gasteiger partial charge in [0.25, 0.3) is 11.8 Å². The number of amides is 2. The third-order valence-corrected chi connectivity index (χ3v) is 5.90. The fourth-order valence-electron chi connectivity index (χ4n) is 2.93. The lowest BCUT2D eigenvalue weighted by molar-refractivity contribution is 0.0891. The number of rotatable bonds is 6. The lowest BCUT2D eigenvalue weighted by Crippen LogP contribution is -2.41. The molecule has 3 aromatic rings. The van der Waals surface area contributed by atoms with Crippen LogP contribution in [-0.4, -0.2) is 44.3 Å². The van der Waals surface area contributed by atoms with Gasteiger partial charge in [0, 0.05) is 10.6 Å². The van der Waals surface area contributed by atoms with Gasteiger partial charge in [-0.1, -0.05) is 42.9 Å². The van der Waals surface area contributed by atoms with E-state index in [-0.39, 0.29) is 24.1 Å². The Morgan fingerprint density at radius 1 is 1.26 bits per heavy atom. The number of halogens is 1. The number of carbonyl (C=O) groups is 2. The van der Waals surface area contributed by atoms with Crippen LogP contribution < -0.4 is 10.6 Å². The maximum absolute atomic E-state index is 12.9. The first-order chi connectivity index (χ1) is 14.5. The summed E-state index contributed by atoms with van der Waals surface area (Å²) in [5, 5.41) is 20.5. The first-order valence-corrected chi connectivity index (χ1v) is 11.1. The summed E-state index contributed by atoms with van der Waals surface area (Å²) >= 11 is 7.15. The molecule has 0 radical (unpaired) electrons. The molecule has 166 valence electrons. The van der Waals surface area contributed by atoms with E-state index < -0.39 is 17.5 Å². The maximum Gasteiger partial charge on any atom is 0.273 e. The highest BCUT2D eigenvalue weighted by atomic mass is 35.5. The van der Waals surface area contributed by atoms with Gasteiger partial charge in [0.15, 0.2) is 16.5 Å². The van der Waals surface area contributed by atoms with Gasteiger partial charge in [-0.3, -0.25) is 14.9 Å². The number of fused-ring (bicyclic) bond motifs is 1. The summed E-state index contributed by atoms with van der Waals surface area (Å²) in [6.07, 6.45) is 0. The Balaban J connectivity index is 1.98. The van der Waals surface area contributed by atoms with Crippen molar-refractivity contribution in [1.82, 2.24) is 20.1 Å². The van der Waals surface area contributed by atoms with Gasteiger partial charge in [-0.05, 0) is 44.9 Å². The molecule has 8 nitrogen and oxygen atoms in total. The Morgan fingerprint density at radius 3 is 2.55 bits per heavy atom. The SMILES string of the molecule is CC(C)[C@@H](CO)NC(=O)c1nn(C(C)(C)C)c2nc(NC(=O)c3cccc(Cl)c3)sc12. The van der Waals surface area contributed by atoms with Gasteiger partial charge in [0.1, 0.15) is 4.70 Å². The number of carbonyl (C=O) groups excluding carboxylic acids is 2. The van der Waals surface area contributed by atoms with E-state index in [0.29, 0.717) is 26.1 Å². The maximum atomic E-state index is 12.9. The zero-order chi connectivity index (χ0) is 22.9. The highest BCUT2D eigenvalue weighted by Gasteiger charge is 2.28. The van der Waals surface area contributed by atoms with Gasteiger partial charge in [-0.2, -0.15) is 10.1 Å². The minimum absolute atomic E-state index is 0.0585. The van der Waals surface area contributed by atoms with Crippen molar-refractivity contribution in [2.45, 2.75) is 46.2 Å². The smallest absolute Gasteiger partial charge is 0.273 e. The van der Waals surface area contributed by atoms with E-state index >= 15 is 0 Å². The first kappa shape index (κ1) is 23.2. The Labute approximate surface area is 189 Å². The van der Waals surface area contributed by atoms with Gasteiger partial charge < -0.3 is 10.4 Å². The van der Waals surface area contributed by atoms with E-state index in [1.807, 2.05) is 34.6 Å². The molecule has 0 spiro atoms. The molecule has 0 fully saturated rings. The van der Waals surface area contributed by atoms with Crippen molar-refractivity contribution in [3.05, 3.63) is 40.5 Å². The fourth-order valence-corrected chi connectivity index (χ4v) is 4.04. The van der Waals surface area contributed by atoms with E-state index in [2.05, 4.69) is 20.7 Å². The summed E-state index contributed by atoms with van der Waals surface area (Å²) in [6.45, 7) is 9.53. The van der Waals surface area contributed by atoms with Crippen molar-refractivity contribution < 1.29 is 14.7 Å². The van der Waals surface area contributed by atoms with Crippen molar-refractivity contribution in [3.63, 3.8) is 0 Å². The average Bonchev–Trinajstić information content (AvgIpc) is 3.23. The van der Waals surface area contributed by atoms with Crippen molar-refractivity contribution >= 4 is 50.2 Å². The van der Waals surface area contributed by atoms with Crippen molar-refractivity contribution in [1.29, 1.82) is 0 Å². The summed E-state index contributed by atoms with van der Waals surface area (Å²) in [5.74, 6) is -0.680. The number of nitrogens with one attached hydrogen (secondary N) is 2. The van der Waals surface area contributed by atoms with Gasteiger partial charge in [-0.25, -0.2) is 4.68 Å². The standard InChI is InChI=1S/C21H26ClN5O3S/c1-11(2)14(10-28)23-19(30)15-16-17(27(26-15)21(3,4)5)24-20(31-16)25-18(29)12-7-6-8-13(22)9-12/h6-9,11,14,28H,10H2,1-5H3,(H,23,30)(H,24,25,29)/t14-/m1/s1. The Kier molecular flexibility index (Phi) is 6.68. The third kappa shape index (κ3) is 5.06. The lowest BCUT2D eigenvalue weighted by Gasteiger charge is -2.20.